The van der Waals surface area contributed by atoms with Crippen molar-refractivity contribution in [2.75, 3.05) is 19.6 Å². The van der Waals surface area contributed by atoms with Gasteiger partial charge >= 0.3 is 0 Å². The second-order valence-corrected chi connectivity index (χ2v) is 6.27. The molecule has 0 atom stereocenters. The Balaban J connectivity index is 1.63. The highest BCUT2D eigenvalue weighted by atomic mass is 19.3. The third-order valence-corrected chi connectivity index (χ3v) is 4.89. The lowest BCUT2D eigenvalue weighted by Crippen LogP contribution is -2.86. The third-order valence-electron chi connectivity index (χ3n) is 4.89. The molecule has 2 aliphatic heterocycles. The van der Waals surface area contributed by atoms with Gasteiger partial charge < -0.3 is 0 Å². The van der Waals surface area contributed by atoms with Crippen LogP contribution in [0.25, 0.3) is 0 Å². The fourth-order valence-electron chi connectivity index (χ4n) is 3.53. The number of halogens is 2. The summed E-state index contributed by atoms with van der Waals surface area (Å²) in [6.45, 7) is 0.574. The van der Waals surface area contributed by atoms with Crippen LogP contribution < -0.4 is 5.32 Å². The maximum absolute atomic E-state index is 13.8. The highest BCUT2D eigenvalue weighted by molar-refractivity contribution is 5.34. The van der Waals surface area contributed by atoms with Crippen molar-refractivity contribution in [3.8, 4) is 0 Å². The quantitative estimate of drug-likeness (QED) is 0.937. The van der Waals surface area contributed by atoms with Crippen LogP contribution in [0.2, 0.25) is 0 Å². The smallest absolute Gasteiger partial charge is 0.280 e. The molecule has 2 saturated heterocycles. The van der Waals surface area contributed by atoms with Gasteiger partial charge in [-0.2, -0.15) is 0 Å². The summed E-state index contributed by atoms with van der Waals surface area (Å²) in [5.41, 5.74) is 1.28. The van der Waals surface area contributed by atoms with Crippen LogP contribution in [0.3, 0.4) is 0 Å². The lowest BCUT2D eigenvalue weighted by Gasteiger charge is -2.62. The first kappa shape index (κ1) is 13.9. The minimum absolute atomic E-state index is 0.0335. The summed E-state index contributed by atoms with van der Waals surface area (Å²) in [6, 6.07) is 20.2. The topological polar surface area (TPSA) is 15.3 Å². The summed E-state index contributed by atoms with van der Waals surface area (Å²) in [7, 11) is 0. The first-order valence-corrected chi connectivity index (χ1v) is 7.58. The number of hydrogen-bond acceptors (Lipinski definition) is 2. The Hall–Kier alpha value is -1.78. The van der Waals surface area contributed by atoms with E-state index in [4.69, 9.17) is 0 Å². The summed E-state index contributed by atoms with van der Waals surface area (Å²) in [5.74, 6) is -2.58. The maximum Gasteiger partial charge on any atom is 0.280 e. The van der Waals surface area contributed by atoms with Gasteiger partial charge in [0.2, 0.25) is 0 Å². The average molecular weight is 300 g/mol. The van der Waals surface area contributed by atoms with Gasteiger partial charge in [-0.15, -0.1) is 0 Å². The van der Waals surface area contributed by atoms with Crippen molar-refractivity contribution in [2.45, 2.75) is 17.5 Å². The van der Waals surface area contributed by atoms with E-state index in [-0.39, 0.29) is 12.6 Å². The first-order chi connectivity index (χ1) is 10.6. The number of nitrogens with zero attached hydrogens (tertiary/aromatic N) is 1. The Bertz CT molecular complexity index is 612. The van der Waals surface area contributed by atoms with Gasteiger partial charge in [0.1, 0.15) is 5.54 Å². The SMILES string of the molecule is FC1(F)CNC12CN(C(c1ccccc1)c1ccccc1)C2. The second-order valence-electron chi connectivity index (χ2n) is 6.27. The maximum atomic E-state index is 13.8. The molecule has 22 heavy (non-hydrogen) atoms. The minimum atomic E-state index is -2.58. The van der Waals surface area contributed by atoms with Gasteiger partial charge in [0.25, 0.3) is 5.92 Å². The first-order valence-electron chi connectivity index (χ1n) is 7.58. The van der Waals surface area contributed by atoms with Crippen LogP contribution in [0.5, 0.6) is 0 Å². The zero-order valence-corrected chi connectivity index (χ0v) is 12.2. The number of rotatable bonds is 3. The standard InChI is InChI=1S/C18H18F2N2/c19-18(20)11-21-17(18)12-22(13-17)16(14-7-3-1-4-8-14)15-9-5-2-6-10-15/h1-10,16,21H,11-13H2. The van der Waals surface area contributed by atoms with Crippen molar-refractivity contribution in [1.82, 2.24) is 10.2 Å². The Morgan fingerprint density at radius 1 is 0.864 bits per heavy atom. The Morgan fingerprint density at radius 2 is 1.36 bits per heavy atom. The molecule has 0 radical (unpaired) electrons. The van der Waals surface area contributed by atoms with Gasteiger partial charge in [0, 0.05) is 13.1 Å². The number of alkyl halides is 2. The van der Waals surface area contributed by atoms with Crippen molar-refractivity contribution in [3.05, 3.63) is 71.8 Å². The molecule has 0 saturated carbocycles. The molecule has 2 aromatic rings. The Morgan fingerprint density at radius 3 is 1.73 bits per heavy atom. The molecule has 1 N–H and O–H groups in total. The summed E-state index contributed by atoms with van der Waals surface area (Å²) in [6.07, 6.45) is 0. The van der Waals surface area contributed by atoms with Gasteiger partial charge in [0.05, 0.1) is 12.6 Å². The fraction of sp³-hybridized carbons (Fsp3) is 0.333. The molecule has 0 bridgehead atoms. The second kappa shape index (κ2) is 4.86. The van der Waals surface area contributed by atoms with Crippen molar-refractivity contribution < 1.29 is 8.78 Å². The number of nitrogens with one attached hydrogen (secondary N) is 1. The molecule has 2 aromatic carbocycles. The Kier molecular flexibility index (Phi) is 3.06. The molecular weight excluding hydrogens is 282 g/mol. The number of benzene rings is 2. The van der Waals surface area contributed by atoms with Crippen molar-refractivity contribution in [3.63, 3.8) is 0 Å². The predicted octanol–water partition coefficient (Wildman–Crippen LogP) is 3.07. The number of hydrogen-bond donors (Lipinski definition) is 1. The molecule has 2 heterocycles. The van der Waals surface area contributed by atoms with Crippen molar-refractivity contribution in [1.29, 1.82) is 0 Å². The lowest BCUT2D eigenvalue weighted by molar-refractivity contribution is -0.215. The highest BCUT2D eigenvalue weighted by Crippen LogP contribution is 2.46. The van der Waals surface area contributed by atoms with Crippen LogP contribution in [0, 0.1) is 0 Å². The molecule has 2 aliphatic rings. The van der Waals surface area contributed by atoms with Gasteiger partial charge in [0.15, 0.2) is 0 Å². The van der Waals surface area contributed by atoms with E-state index in [1.165, 1.54) is 0 Å². The van der Waals surface area contributed by atoms with Gasteiger partial charge in [-0.1, -0.05) is 60.7 Å². The Labute approximate surface area is 128 Å². The minimum Gasteiger partial charge on any atom is -0.298 e. The van der Waals surface area contributed by atoms with Crippen LogP contribution in [0.15, 0.2) is 60.7 Å². The monoisotopic (exact) mass is 300 g/mol. The molecule has 1 spiro atoms. The van der Waals surface area contributed by atoms with Crippen LogP contribution >= 0.6 is 0 Å². The van der Waals surface area contributed by atoms with E-state index in [1.807, 2.05) is 36.4 Å². The van der Waals surface area contributed by atoms with Crippen molar-refractivity contribution >= 4 is 0 Å². The van der Waals surface area contributed by atoms with Crippen LogP contribution in [0.1, 0.15) is 17.2 Å². The van der Waals surface area contributed by atoms with E-state index >= 15 is 0 Å². The van der Waals surface area contributed by atoms with E-state index in [1.54, 1.807) is 0 Å². The van der Waals surface area contributed by atoms with Crippen LogP contribution in [0.4, 0.5) is 8.78 Å². The molecule has 0 amide bonds. The molecule has 114 valence electrons. The number of likely N-dealkylation sites (tertiary alicyclic amines) is 1. The van der Waals surface area contributed by atoms with Gasteiger partial charge in [-0.05, 0) is 11.1 Å². The van der Waals surface area contributed by atoms with Crippen LogP contribution in [-0.2, 0) is 0 Å². The zero-order chi connectivity index (χ0) is 15.2. The molecular formula is C18H18F2N2. The molecule has 0 unspecified atom stereocenters. The molecule has 2 fully saturated rings. The summed E-state index contributed by atoms with van der Waals surface area (Å²) in [4.78, 5) is 2.13. The fourth-order valence-corrected chi connectivity index (χ4v) is 3.53. The van der Waals surface area contributed by atoms with Gasteiger partial charge in [-0.25, -0.2) is 8.78 Å². The van der Waals surface area contributed by atoms with Crippen LogP contribution in [-0.4, -0.2) is 36.0 Å². The van der Waals surface area contributed by atoms with Crippen molar-refractivity contribution in [2.24, 2.45) is 0 Å². The van der Waals surface area contributed by atoms with E-state index < -0.39 is 11.5 Å². The zero-order valence-electron chi connectivity index (χ0n) is 12.2. The molecule has 0 aromatic heterocycles. The predicted molar refractivity (Wildman–Crippen MR) is 82.0 cm³/mol. The molecule has 0 aliphatic carbocycles. The van der Waals surface area contributed by atoms with Gasteiger partial charge in [-0.3, -0.25) is 10.2 Å². The average Bonchev–Trinajstić information content (AvgIpc) is 2.51. The van der Waals surface area contributed by atoms with E-state index in [0.29, 0.717) is 13.1 Å². The molecule has 4 heteroatoms. The molecule has 2 nitrogen and oxygen atoms in total. The van der Waals surface area contributed by atoms with E-state index in [0.717, 1.165) is 11.1 Å². The normalized spacial score (nSPS) is 22.3. The summed E-state index contributed by atoms with van der Waals surface area (Å²) >= 11 is 0. The third kappa shape index (κ3) is 1.98. The summed E-state index contributed by atoms with van der Waals surface area (Å²) in [5, 5.41) is 2.94. The highest BCUT2D eigenvalue weighted by Gasteiger charge is 2.67. The van der Waals surface area contributed by atoms with E-state index in [2.05, 4.69) is 34.5 Å². The lowest BCUT2D eigenvalue weighted by atomic mass is 9.74. The summed E-state index contributed by atoms with van der Waals surface area (Å²) < 4.78 is 27.6. The molecule has 4 rings (SSSR count). The van der Waals surface area contributed by atoms with E-state index in [9.17, 15) is 8.78 Å². The largest absolute Gasteiger partial charge is 0.298 e.